The van der Waals surface area contributed by atoms with E-state index in [9.17, 15) is 26.0 Å². The molecule has 0 atom stereocenters. The van der Waals surface area contributed by atoms with Gasteiger partial charge in [-0.3, -0.25) is 9.71 Å². The molecule has 0 amide bonds. The van der Waals surface area contributed by atoms with E-state index in [1.165, 1.54) is 50.5 Å². The van der Waals surface area contributed by atoms with Crippen LogP contribution in [0.2, 0.25) is 0 Å². The van der Waals surface area contributed by atoms with Crippen LogP contribution < -0.4 is 4.72 Å². The molecule has 0 saturated carbocycles. The molecule has 0 saturated heterocycles. The van der Waals surface area contributed by atoms with Crippen molar-refractivity contribution in [2.75, 3.05) is 4.72 Å². The zero-order valence-electron chi connectivity index (χ0n) is 17.5. The van der Waals surface area contributed by atoms with Crippen molar-refractivity contribution in [2.45, 2.75) is 26.9 Å². The highest BCUT2D eigenvalue weighted by Gasteiger charge is 2.35. The Balaban J connectivity index is 2.05. The molecule has 3 aromatic rings. The highest BCUT2D eigenvalue weighted by molar-refractivity contribution is 7.96. The number of allylic oxidation sites excluding steroid dienone is 2. The van der Waals surface area contributed by atoms with Crippen LogP contribution in [0, 0.1) is 12.7 Å². The molecule has 168 valence electrons. The van der Waals surface area contributed by atoms with Gasteiger partial charge in [0.15, 0.2) is 0 Å². The molecule has 2 aromatic carbocycles. The Bertz CT molecular complexity index is 1290. The molecule has 32 heavy (non-hydrogen) atoms. The lowest BCUT2D eigenvalue weighted by Crippen LogP contribution is -2.18. The van der Waals surface area contributed by atoms with Crippen molar-refractivity contribution in [1.29, 1.82) is 0 Å². The Morgan fingerprint density at radius 2 is 1.59 bits per heavy atom. The van der Waals surface area contributed by atoms with Crippen molar-refractivity contribution in [2.24, 2.45) is 0 Å². The monoisotopic (exact) mass is 464 g/mol. The summed E-state index contributed by atoms with van der Waals surface area (Å²) in [6.45, 7) is 4.43. The first-order chi connectivity index (χ1) is 14.9. The topological polar surface area (TPSA) is 59.1 Å². The summed E-state index contributed by atoms with van der Waals surface area (Å²) in [6.07, 6.45) is -1.90. The molecule has 0 bridgehead atoms. The number of aryl methyl sites for hydroxylation is 1. The first-order valence-electron chi connectivity index (χ1n) is 9.48. The van der Waals surface area contributed by atoms with Crippen molar-refractivity contribution in [3.8, 4) is 11.1 Å². The maximum atomic E-state index is 13.7. The van der Waals surface area contributed by atoms with E-state index in [0.29, 0.717) is 16.7 Å². The second-order valence-corrected chi connectivity index (χ2v) is 9.06. The SMILES string of the molecule is C/C(=C(/C)S(=O)(=O)Nc1ccc(-c2ccncc2)cc1C(F)(F)F)c1cc(F)ccc1C. The van der Waals surface area contributed by atoms with Gasteiger partial charge >= 0.3 is 6.18 Å². The van der Waals surface area contributed by atoms with Gasteiger partial charge in [0.05, 0.1) is 16.2 Å². The molecule has 0 unspecified atom stereocenters. The summed E-state index contributed by atoms with van der Waals surface area (Å²) in [5.41, 5.74) is 0.278. The number of hydrogen-bond donors (Lipinski definition) is 1. The lowest BCUT2D eigenvalue weighted by atomic mass is 10.0. The molecular formula is C23H20F4N2O2S. The van der Waals surface area contributed by atoms with E-state index in [4.69, 9.17) is 0 Å². The van der Waals surface area contributed by atoms with Gasteiger partial charge in [-0.15, -0.1) is 0 Å². The lowest BCUT2D eigenvalue weighted by molar-refractivity contribution is -0.136. The average molecular weight is 464 g/mol. The third-order valence-corrected chi connectivity index (χ3v) is 6.72. The first-order valence-corrected chi connectivity index (χ1v) is 11.0. The number of aromatic nitrogens is 1. The van der Waals surface area contributed by atoms with Crippen LogP contribution in [0.4, 0.5) is 23.2 Å². The van der Waals surface area contributed by atoms with E-state index in [1.807, 2.05) is 4.72 Å². The molecule has 0 spiro atoms. The number of nitrogens with one attached hydrogen (secondary N) is 1. The summed E-state index contributed by atoms with van der Waals surface area (Å²) >= 11 is 0. The van der Waals surface area contributed by atoms with Crippen molar-refractivity contribution in [3.05, 3.63) is 88.3 Å². The number of halogens is 4. The summed E-state index contributed by atoms with van der Waals surface area (Å²) in [5.74, 6) is -0.547. The van der Waals surface area contributed by atoms with Gasteiger partial charge in [0.1, 0.15) is 5.82 Å². The van der Waals surface area contributed by atoms with Gasteiger partial charge < -0.3 is 0 Å². The molecule has 1 aromatic heterocycles. The summed E-state index contributed by atoms with van der Waals surface area (Å²) in [5, 5.41) is 0. The van der Waals surface area contributed by atoms with Crippen LogP contribution in [0.5, 0.6) is 0 Å². The molecule has 0 radical (unpaired) electrons. The Labute approximate surface area is 183 Å². The van der Waals surface area contributed by atoms with Gasteiger partial charge in [-0.2, -0.15) is 13.2 Å². The van der Waals surface area contributed by atoms with Crippen molar-refractivity contribution in [1.82, 2.24) is 4.98 Å². The van der Waals surface area contributed by atoms with E-state index >= 15 is 0 Å². The minimum absolute atomic E-state index is 0.211. The van der Waals surface area contributed by atoms with Crippen molar-refractivity contribution in [3.63, 3.8) is 0 Å². The van der Waals surface area contributed by atoms with Crippen LogP contribution in [0.3, 0.4) is 0 Å². The lowest BCUT2D eigenvalue weighted by Gasteiger charge is -2.18. The van der Waals surface area contributed by atoms with E-state index in [-0.39, 0.29) is 16.0 Å². The molecule has 1 N–H and O–H groups in total. The molecular weight excluding hydrogens is 444 g/mol. The number of nitrogens with zero attached hydrogens (tertiary/aromatic N) is 1. The van der Waals surface area contributed by atoms with E-state index in [2.05, 4.69) is 4.98 Å². The Morgan fingerprint density at radius 1 is 0.938 bits per heavy atom. The number of sulfonamides is 1. The minimum atomic E-state index is -4.80. The van der Waals surface area contributed by atoms with Gasteiger partial charge in [0, 0.05) is 12.4 Å². The number of benzene rings is 2. The smallest absolute Gasteiger partial charge is 0.279 e. The fraction of sp³-hybridized carbons (Fsp3) is 0.174. The number of alkyl halides is 3. The number of hydrogen-bond acceptors (Lipinski definition) is 3. The fourth-order valence-corrected chi connectivity index (χ4v) is 4.34. The number of anilines is 1. The maximum Gasteiger partial charge on any atom is 0.418 e. The van der Waals surface area contributed by atoms with Gasteiger partial charge in [-0.25, -0.2) is 12.8 Å². The van der Waals surface area contributed by atoms with Crippen LogP contribution in [-0.4, -0.2) is 13.4 Å². The normalized spacial score (nSPS) is 13.0. The molecule has 9 heteroatoms. The molecule has 1 heterocycles. The Hall–Kier alpha value is -3.20. The highest BCUT2D eigenvalue weighted by atomic mass is 32.2. The summed E-state index contributed by atoms with van der Waals surface area (Å²) < 4.78 is 82.7. The fourth-order valence-electron chi connectivity index (χ4n) is 3.20. The zero-order chi connectivity index (χ0) is 23.7. The van der Waals surface area contributed by atoms with Gasteiger partial charge in [-0.1, -0.05) is 12.1 Å². The minimum Gasteiger partial charge on any atom is -0.279 e. The summed E-state index contributed by atoms with van der Waals surface area (Å²) in [7, 11) is -4.35. The van der Waals surface area contributed by atoms with Gasteiger partial charge in [-0.05, 0) is 85.0 Å². The first kappa shape index (κ1) is 23.5. The van der Waals surface area contributed by atoms with E-state index in [0.717, 1.165) is 12.1 Å². The van der Waals surface area contributed by atoms with Crippen LogP contribution in [-0.2, 0) is 16.2 Å². The summed E-state index contributed by atoms with van der Waals surface area (Å²) in [4.78, 5) is 3.63. The third kappa shape index (κ3) is 4.99. The van der Waals surface area contributed by atoms with E-state index < -0.39 is 33.3 Å². The standard InChI is InChI=1S/C23H20F4N2O2S/c1-14-4-6-19(24)13-20(14)15(2)16(3)32(30,31)29-22-7-5-18(12-21(22)23(25,26)27)17-8-10-28-11-9-17/h4-13,29H,1-3H3/b16-15+. The molecule has 0 aliphatic carbocycles. The van der Waals surface area contributed by atoms with E-state index in [1.54, 1.807) is 19.1 Å². The van der Waals surface area contributed by atoms with Crippen LogP contribution in [0.25, 0.3) is 16.7 Å². The third-order valence-electron chi connectivity index (χ3n) is 5.12. The Morgan fingerprint density at radius 3 is 2.22 bits per heavy atom. The quantitative estimate of drug-likeness (QED) is 0.444. The van der Waals surface area contributed by atoms with Crippen LogP contribution >= 0.6 is 0 Å². The Kier molecular flexibility index (Phi) is 6.41. The maximum absolute atomic E-state index is 13.7. The number of rotatable bonds is 5. The van der Waals surface area contributed by atoms with Gasteiger partial charge in [0.25, 0.3) is 10.0 Å². The molecule has 0 fully saturated rings. The van der Waals surface area contributed by atoms with Crippen LogP contribution in [0.15, 0.2) is 65.8 Å². The highest BCUT2D eigenvalue weighted by Crippen LogP contribution is 2.38. The molecule has 0 aliphatic heterocycles. The molecule has 3 rings (SSSR count). The molecule has 0 aliphatic rings. The van der Waals surface area contributed by atoms with Gasteiger partial charge in [0.2, 0.25) is 0 Å². The average Bonchev–Trinajstić information content (AvgIpc) is 2.74. The molecule has 4 nitrogen and oxygen atoms in total. The van der Waals surface area contributed by atoms with Crippen molar-refractivity contribution >= 4 is 21.3 Å². The summed E-state index contributed by atoms with van der Waals surface area (Å²) in [6, 6.07) is 10.4. The largest absolute Gasteiger partial charge is 0.418 e. The predicted molar refractivity (Wildman–Crippen MR) is 117 cm³/mol. The van der Waals surface area contributed by atoms with Crippen molar-refractivity contribution < 1.29 is 26.0 Å². The number of pyridine rings is 1. The predicted octanol–water partition coefficient (Wildman–Crippen LogP) is 6.41. The van der Waals surface area contributed by atoms with Crippen LogP contribution in [0.1, 0.15) is 30.5 Å². The second kappa shape index (κ2) is 8.74. The zero-order valence-corrected chi connectivity index (χ0v) is 18.3. The second-order valence-electron chi connectivity index (χ2n) is 7.24.